The summed E-state index contributed by atoms with van der Waals surface area (Å²) in [5, 5.41) is 0.314. The van der Waals surface area contributed by atoms with E-state index in [2.05, 4.69) is 0 Å². The van der Waals surface area contributed by atoms with E-state index in [1.807, 2.05) is 0 Å². The summed E-state index contributed by atoms with van der Waals surface area (Å²) in [4.78, 5) is 24.3. The minimum absolute atomic E-state index is 0.00629. The van der Waals surface area contributed by atoms with Gasteiger partial charge < -0.3 is 14.2 Å². The number of esters is 2. The quantitative estimate of drug-likeness (QED) is 0.426. The molecule has 0 bridgehead atoms. The summed E-state index contributed by atoms with van der Waals surface area (Å²) in [6.45, 7) is 2.59. The van der Waals surface area contributed by atoms with Crippen molar-refractivity contribution in [3.05, 3.63) is 69.8 Å². The van der Waals surface area contributed by atoms with Crippen LogP contribution in [0.2, 0.25) is 5.02 Å². The topological polar surface area (TPSA) is 61.8 Å². The first-order valence-electron chi connectivity index (χ1n) is 8.19. The summed E-state index contributed by atoms with van der Waals surface area (Å²) < 4.78 is 42.7. The molecule has 0 saturated carbocycles. The highest BCUT2D eigenvalue weighted by molar-refractivity contribution is 6.30. The molecule has 2 aromatic rings. The van der Waals surface area contributed by atoms with Crippen LogP contribution in [-0.2, 0) is 25.7 Å². The Balaban J connectivity index is 1.90. The lowest BCUT2D eigenvalue weighted by Gasteiger charge is -2.29. The summed E-state index contributed by atoms with van der Waals surface area (Å²) in [7, 11) is 0. The molecule has 0 atom stereocenters. The summed E-state index contributed by atoms with van der Waals surface area (Å²) in [5.41, 5.74) is -0.0666. The molecule has 0 aromatic heterocycles. The van der Waals surface area contributed by atoms with Crippen LogP contribution < -0.4 is 4.74 Å². The molecule has 5 nitrogen and oxygen atoms in total. The third-order valence-electron chi connectivity index (χ3n) is 3.78. The van der Waals surface area contributed by atoms with Crippen molar-refractivity contribution in [2.45, 2.75) is 26.2 Å². The number of carbonyl (C=O) groups excluding carboxylic acids is 2. The smallest absolute Gasteiger partial charge is 0.348 e. The molecule has 28 heavy (non-hydrogen) atoms. The summed E-state index contributed by atoms with van der Waals surface area (Å²) in [5.74, 6) is -4.11. The van der Waals surface area contributed by atoms with Crippen LogP contribution in [-0.4, -0.2) is 17.7 Å². The van der Waals surface area contributed by atoms with Crippen LogP contribution in [0.25, 0.3) is 6.08 Å². The van der Waals surface area contributed by atoms with Gasteiger partial charge in [-0.1, -0.05) is 11.6 Å². The van der Waals surface area contributed by atoms with E-state index >= 15 is 0 Å². The molecule has 2 aromatic carbocycles. The zero-order valence-electron chi connectivity index (χ0n) is 14.9. The number of rotatable bonds is 4. The highest BCUT2D eigenvalue weighted by Gasteiger charge is 2.39. The number of hydrogen-bond acceptors (Lipinski definition) is 5. The van der Waals surface area contributed by atoms with Gasteiger partial charge in [-0.15, -0.1) is 0 Å². The summed E-state index contributed by atoms with van der Waals surface area (Å²) in [6.07, 6.45) is 1.21. The second kappa shape index (κ2) is 7.59. The maximum Gasteiger partial charge on any atom is 0.348 e. The fraction of sp³-hybridized carbons (Fsp3) is 0.200. The van der Waals surface area contributed by atoms with Gasteiger partial charge in [-0.3, -0.25) is 0 Å². The first-order chi connectivity index (χ1) is 13.1. The Bertz CT molecular complexity index is 963. The van der Waals surface area contributed by atoms with Crippen molar-refractivity contribution in [3.8, 4) is 5.75 Å². The van der Waals surface area contributed by atoms with Crippen molar-refractivity contribution in [1.82, 2.24) is 0 Å². The molecule has 0 aliphatic carbocycles. The molecular weight excluding hydrogens is 394 g/mol. The van der Waals surface area contributed by atoms with Gasteiger partial charge >= 0.3 is 11.9 Å². The standard InChI is InChI=1S/C20H15ClF2O5/c1-20(2)27-18(24)15(19(25)28-20)9-11-7-13(21)3-6-17(11)26-10-12-8-14(22)4-5-16(12)23/h3-9H,10H2,1-2H3. The zero-order valence-corrected chi connectivity index (χ0v) is 15.7. The summed E-state index contributed by atoms with van der Waals surface area (Å²) >= 11 is 5.99. The normalized spacial score (nSPS) is 15.7. The van der Waals surface area contributed by atoms with Crippen LogP contribution in [0.3, 0.4) is 0 Å². The molecular formula is C20H15ClF2O5. The van der Waals surface area contributed by atoms with Gasteiger partial charge in [0.2, 0.25) is 0 Å². The predicted molar refractivity (Wildman–Crippen MR) is 96.4 cm³/mol. The number of benzene rings is 2. The van der Waals surface area contributed by atoms with Gasteiger partial charge in [-0.25, -0.2) is 18.4 Å². The van der Waals surface area contributed by atoms with E-state index < -0.39 is 29.4 Å². The van der Waals surface area contributed by atoms with Crippen LogP contribution in [0.4, 0.5) is 8.78 Å². The Morgan fingerprint density at radius 3 is 2.43 bits per heavy atom. The van der Waals surface area contributed by atoms with Gasteiger partial charge in [0.1, 0.15) is 29.6 Å². The van der Waals surface area contributed by atoms with Gasteiger partial charge in [0, 0.05) is 30.0 Å². The molecule has 0 radical (unpaired) electrons. The Morgan fingerprint density at radius 2 is 1.75 bits per heavy atom. The lowest BCUT2D eigenvalue weighted by atomic mass is 10.1. The molecule has 0 N–H and O–H groups in total. The fourth-order valence-corrected chi connectivity index (χ4v) is 2.69. The van der Waals surface area contributed by atoms with Crippen LogP contribution in [0.5, 0.6) is 5.75 Å². The number of carbonyl (C=O) groups is 2. The molecule has 0 spiro atoms. The Kier molecular flexibility index (Phi) is 5.38. The third kappa shape index (κ3) is 4.48. The molecule has 0 unspecified atom stereocenters. The molecule has 1 heterocycles. The van der Waals surface area contributed by atoms with Crippen LogP contribution in [0.15, 0.2) is 42.0 Å². The molecule has 8 heteroatoms. The molecule has 146 valence electrons. The highest BCUT2D eigenvalue weighted by atomic mass is 35.5. The minimum atomic E-state index is -1.37. The highest BCUT2D eigenvalue weighted by Crippen LogP contribution is 2.29. The second-order valence-corrected chi connectivity index (χ2v) is 6.88. The Labute approximate surface area is 164 Å². The first kappa shape index (κ1) is 19.8. The fourth-order valence-electron chi connectivity index (χ4n) is 2.51. The van der Waals surface area contributed by atoms with Gasteiger partial charge in [-0.05, 0) is 42.5 Å². The number of cyclic esters (lactones) is 2. The number of hydrogen-bond donors (Lipinski definition) is 0. The number of halogens is 3. The van der Waals surface area contributed by atoms with E-state index in [1.54, 1.807) is 0 Å². The Hall–Kier alpha value is -2.93. The van der Waals surface area contributed by atoms with Crippen LogP contribution in [0, 0.1) is 11.6 Å². The van der Waals surface area contributed by atoms with Crippen molar-refractivity contribution in [2.75, 3.05) is 0 Å². The maximum atomic E-state index is 13.8. The van der Waals surface area contributed by atoms with Crippen molar-refractivity contribution in [3.63, 3.8) is 0 Å². The molecule has 3 rings (SSSR count). The molecule has 0 amide bonds. The minimum Gasteiger partial charge on any atom is -0.488 e. The lowest BCUT2D eigenvalue weighted by Crippen LogP contribution is -2.41. The van der Waals surface area contributed by atoms with Gasteiger partial charge in [-0.2, -0.15) is 0 Å². The SMILES string of the molecule is CC1(C)OC(=O)C(=Cc2cc(Cl)ccc2OCc2cc(F)ccc2F)C(=O)O1. The zero-order chi connectivity index (χ0) is 20.5. The Morgan fingerprint density at radius 1 is 1.07 bits per heavy atom. The lowest BCUT2D eigenvalue weighted by molar-refractivity contribution is -0.222. The molecule has 1 aliphatic heterocycles. The van der Waals surface area contributed by atoms with Gasteiger partial charge in [0.25, 0.3) is 5.79 Å². The van der Waals surface area contributed by atoms with Crippen LogP contribution >= 0.6 is 11.6 Å². The average Bonchev–Trinajstić information content (AvgIpc) is 2.59. The van der Waals surface area contributed by atoms with Crippen molar-refractivity contribution in [2.24, 2.45) is 0 Å². The molecule has 1 fully saturated rings. The van der Waals surface area contributed by atoms with Crippen molar-refractivity contribution < 1.29 is 32.6 Å². The first-order valence-corrected chi connectivity index (χ1v) is 8.57. The molecule has 1 aliphatic rings. The monoisotopic (exact) mass is 408 g/mol. The van der Waals surface area contributed by atoms with E-state index in [4.69, 9.17) is 25.8 Å². The van der Waals surface area contributed by atoms with E-state index in [0.717, 1.165) is 18.2 Å². The van der Waals surface area contributed by atoms with Crippen LogP contribution in [0.1, 0.15) is 25.0 Å². The van der Waals surface area contributed by atoms with E-state index in [1.165, 1.54) is 38.1 Å². The van der Waals surface area contributed by atoms with Gasteiger partial charge in [0.15, 0.2) is 0 Å². The third-order valence-corrected chi connectivity index (χ3v) is 4.01. The number of ether oxygens (including phenoxy) is 3. The predicted octanol–water partition coefficient (Wildman–Crippen LogP) is 4.42. The maximum absolute atomic E-state index is 13.8. The molecule has 1 saturated heterocycles. The van der Waals surface area contributed by atoms with Crippen molar-refractivity contribution >= 4 is 29.6 Å². The largest absolute Gasteiger partial charge is 0.488 e. The van der Waals surface area contributed by atoms with E-state index in [0.29, 0.717) is 5.02 Å². The van der Waals surface area contributed by atoms with Gasteiger partial charge in [0.05, 0.1) is 0 Å². The second-order valence-electron chi connectivity index (χ2n) is 6.44. The average molecular weight is 409 g/mol. The van der Waals surface area contributed by atoms with E-state index in [-0.39, 0.29) is 29.1 Å². The van der Waals surface area contributed by atoms with E-state index in [9.17, 15) is 18.4 Å². The van der Waals surface area contributed by atoms with Crippen molar-refractivity contribution in [1.29, 1.82) is 0 Å². The summed E-state index contributed by atoms with van der Waals surface area (Å²) in [6, 6.07) is 7.46.